The highest BCUT2D eigenvalue weighted by Crippen LogP contribution is 2.13. The van der Waals surface area contributed by atoms with Gasteiger partial charge in [-0.1, -0.05) is 38.1 Å². The molecule has 0 bridgehead atoms. The summed E-state index contributed by atoms with van der Waals surface area (Å²) in [5.74, 6) is 0.0388. The molecule has 0 fully saturated rings. The minimum atomic E-state index is -0.569. The molecule has 0 spiro atoms. The molecule has 0 aliphatic heterocycles. The second-order valence-electron chi connectivity index (χ2n) is 5.27. The maximum atomic E-state index is 11.7. The van der Waals surface area contributed by atoms with Gasteiger partial charge in [0.05, 0.1) is 11.1 Å². The number of amides is 1. The summed E-state index contributed by atoms with van der Waals surface area (Å²) < 4.78 is 1.18. The number of benzene rings is 1. The van der Waals surface area contributed by atoms with Crippen LogP contribution in [0.5, 0.6) is 0 Å². The largest absolute Gasteiger partial charge is 0.307 e. The Kier molecular flexibility index (Phi) is 5.19. The van der Waals surface area contributed by atoms with E-state index in [0.717, 1.165) is 11.8 Å². The second kappa shape index (κ2) is 7.30. The zero-order chi connectivity index (χ0) is 16.8. The van der Waals surface area contributed by atoms with Crippen LogP contribution in [0.1, 0.15) is 30.9 Å². The molecule has 1 aromatic carbocycles. The Morgan fingerprint density at radius 1 is 1.43 bits per heavy atom. The molecular weight excluding hydrogens is 298 g/mol. The minimum absolute atomic E-state index is 0.141. The van der Waals surface area contributed by atoms with Gasteiger partial charge >= 0.3 is 5.69 Å². The first-order chi connectivity index (χ1) is 11.0. The smallest absolute Gasteiger partial charge is 0.271 e. The lowest BCUT2D eigenvalue weighted by Crippen LogP contribution is -2.23. The van der Waals surface area contributed by atoms with E-state index < -0.39 is 10.8 Å². The SMILES string of the molecule is CC(C)c1ccc(/C=N/NC(=O)Cn2cc([N+](=O)[O-])cn2)cc1. The summed E-state index contributed by atoms with van der Waals surface area (Å²) in [6.07, 6.45) is 3.81. The first-order valence-electron chi connectivity index (χ1n) is 7.04. The summed E-state index contributed by atoms with van der Waals surface area (Å²) in [5, 5.41) is 18.1. The number of nitrogens with zero attached hydrogens (tertiary/aromatic N) is 4. The number of carbonyl (C=O) groups is 1. The number of carbonyl (C=O) groups excluding carboxylic acids is 1. The first-order valence-corrected chi connectivity index (χ1v) is 7.04. The van der Waals surface area contributed by atoms with Gasteiger partial charge in [-0.3, -0.25) is 19.6 Å². The summed E-state index contributed by atoms with van der Waals surface area (Å²) in [7, 11) is 0. The molecule has 0 saturated heterocycles. The van der Waals surface area contributed by atoms with Crippen molar-refractivity contribution in [2.24, 2.45) is 5.10 Å². The Bertz CT molecular complexity index is 719. The number of nitro groups is 1. The van der Waals surface area contributed by atoms with E-state index in [1.54, 1.807) is 0 Å². The maximum Gasteiger partial charge on any atom is 0.307 e. The Balaban J connectivity index is 1.86. The Labute approximate surface area is 133 Å². The molecule has 0 atom stereocenters. The summed E-state index contributed by atoms with van der Waals surface area (Å²) >= 11 is 0. The first kappa shape index (κ1) is 16.3. The van der Waals surface area contributed by atoms with E-state index in [1.165, 1.54) is 22.7 Å². The Morgan fingerprint density at radius 2 is 2.13 bits per heavy atom. The van der Waals surface area contributed by atoms with Crippen molar-refractivity contribution >= 4 is 17.8 Å². The zero-order valence-electron chi connectivity index (χ0n) is 12.8. The number of aromatic nitrogens is 2. The standard InChI is InChI=1S/C15H17N5O3/c1-11(2)13-5-3-12(4-6-13)7-16-18-15(21)10-19-9-14(8-17-19)20(22)23/h3-9,11H,10H2,1-2H3,(H,18,21)/b16-7+. The van der Waals surface area contributed by atoms with E-state index in [-0.39, 0.29) is 12.2 Å². The molecular formula is C15H17N5O3. The van der Waals surface area contributed by atoms with Crippen LogP contribution in [-0.2, 0) is 11.3 Å². The minimum Gasteiger partial charge on any atom is -0.271 e. The van der Waals surface area contributed by atoms with Gasteiger partial charge in [0, 0.05) is 0 Å². The van der Waals surface area contributed by atoms with Gasteiger partial charge in [-0.15, -0.1) is 0 Å². The molecule has 1 heterocycles. The van der Waals surface area contributed by atoms with Crippen LogP contribution in [0.15, 0.2) is 41.8 Å². The summed E-state index contributed by atoms with van der Waals surface area (Å²) in [4.78, 5) is 21.6. The van der Waals surface area contributed by atoms with Crippen molar-refractivity contribution in [2.45, 2.75) is 26.3 Å². The number of hydrazone groups is 1. The summed E-state index contributed by atoms with van der Waals surface area (Å²) in [5.41, 5.74) is 4.29. The van der Waals surface area contributed by atoms with Crippen LogP contribution in [0, 0.1) is 10.1 Å². The Hall–Kier alpha value is -3.03. The molecule has 0 radical (unpaired) electrons. The zero-order valence-corrected chi connectivity index (χ0v) is 12.8. The molecule has 8 nitrogen and oxygen atoms in total. The molecule has 0 aliphatic carbocycles. The van der Waals surface area contributed by atoms with Gasteiger partial charge in [-0.25, -0.2) is 5.43 Å². The fourth-order valence-corrected chi connectivity index (χ4v) is 1.86. The van der Waals surface area contributed by atoms with E-state index in [0.29, 0.717) is 5.92 Å². The summed E-state index contributed by atoms with van der Waals surface area (Å²) in [6.45, 7) is 4.09. The van der Waals surface area contributed by atoms with Gasteiger partial charge < -0.3 is 0 Å². The fourth-order valence-electron chi connectivity index (χ4n) is 1.86. The van der Waals surface area contributed by atoms with Gasteiger partial charge in [-0.2, -0.15) is 10.2 Å². The van der Waals surface area contributed by atoms with E-state index in [9.17, 15) is 14.9 Å². The highest BCUT2D eigenvalue weighted by atomic mass is 16.6. The van der Waals surface area contributed by atoms with Crippen molar-refractivity contribution in [3.63, 3.8) is 0 Å². The van der Waals surface area contributed by atoms with Crippen LogP contribution in [0.3, 0.4) is 0 Å². The number of hydrogen-bond acceptors (Lipinski definition) is 5. The molecule has 1 amide bonds. The molecule has 1 N–H and O–H groups in total. The van der Waals surface area contributed by atoms with Gasteiger partial charge in [0.15, 0.2) is 0 Å². The fraction of sp³-hybridized carbons (Fsp3) is 0.267. The third-order valence-electron chi connectivity index (χ3n) is 3.14. The highest BCUT2D eigenvalue weighted by Gasteiger charge is 2.10. The van der Waals surface area contributed by atoms with Crippen LogP contribution < -0.4 is 5.43 Å². The van der Waals surface area contributed by atoms with Crippen molar-refractivity contribution in [1.29, 1.82) is 0 Å². The van der Waals surface area contributed by atoms with Crippen molar-refractivity contribution in [1.82, 2.24) is 15.2 Å². The van der Waals surface area contributed by atoms with E-state index in [1.807, 2.05) is 24.3 Å². The van der Waals surface area contributed by atoms with E-state index in [2.05, 4.69) is 29.5 Å². The van der Waals surface area contributed by atoms with Crippen molar-refractivity contribution < 1.29 is 9.72 Å². The third-order valence-corrected chi connectivity index (χ3v) is 3.14. The molecule has 0 saturated carbocycles. The van der Waals surface area contributed by atoms with Crippen molar-refractivity contribution in [3.05, 3.63) is 57.9 Å². The molecule has 1 aromatic heterocycles. The quantitative estimate of drug-likeness (QED) is 0.500. The lowest BCUT2D eigenvalue weighted by atomic mass is 10.0. The van der Waals surface area contributed by atoms with Gasteiger partial charge in [0.2, 0.25) is 0 Å². The predicted octanol–water partition coefficient (Wildman–Crippen LogP) is 2.06. The molecule has 8 heteroatoms. The van der Waals surface area contributed by atoms with Gasteiger partial charge in [0.25, 0.3) is 5.91 Å². The Morgan fingerprint density at radius 3 is 2.70 bits per heavy atom. The normalized spacial score (nSPS) is 11.1. The lowest BCUT2D eigenvalue weighted by Gasteiger charge is -2.04. The molecule has 2 aromatic rings. The number of hydrogen-bond donors (Lipinski definition) is 1. The molecule has 0 unspecified atom stereocenters. The molecule has 2 rings (SSSR count). The molecule has 0 aliphatic rings. The van der Waals surface area contributed by atoms with Crippen LogP contribution in [-0.4, -0.2) is 26.8 Å². The monoisotopic (exact) mass is 315 g/mol. The highest BCUT2D eigenvalue weighted by molar-refractivity contribution is 5.82. The molecule has 23 heavy (non-hydrogen) atoms. The van der Waals surface area contributed by atoms with Crippen LogP contribution in [0.25, 0.3) is 0 Å². The van der Waals surface area contributed by atoms with E-state index >= 15 is 0 Å². The lowest BCUT2D eigenvalue weighted by molar-refractivity contribution is -0.385. The van der Waals surface area contributed by atoms with Crippen LogP contribution >= 0.6 is 0 Å². The average molecular weight is 315 g/mol. The van der Waals surface area contributed by atoms with E-state index in [4.69, 9.17) is 0 Å². The van der Waals surface area contributed by atoms with Crippen molar-refractivity contribution in [2.75, 3.05) is 0 Å². The topological polar surface area (TPSA) is 102 Å². The van der Waals surface area contributed by atoms with Gasteiger partial charge in [-0.05, 0) is 17.0 Å². The number of rotatable bonds is 6. The predicted molar refractivity (Wildman–Crippen MR) is 85.1 cm³/mol. The number of nitrogens with one attached hydrogen (secondary N) is 1. The average Bonchev–Trinajstić information content (AvgIpc) is 2.96. The van der Waals surface area contributed by atoms with Crippen molar-refractivity contribution in [3.8, 4) is 0 Å². The maximum absolute atomic E-state index is 11.7. The third kappa shape index (κ3) is 4.73. The van der Waals surface area contributed by atoms with Crippen LogP contribution in [0.2, 0.25) is 0 Å². The second-order valence-corrected chi connectivity index (χ2v) is 5.27. The van der Waals surface area contributed by atoms with Crippen LogP contribution in [0.4, 0.5) is 5.69 Å². The van der Waals surface area contributed by atoms with Gasteiger partial charge in [0.1, 0.15) is 18.9 Å². The molecule has 120 valence electrons. The summed E-state index contributed by atoms with van der Waals surface area (Å²) in [6, 6.07) is 7.86.